The lowest BCUT2D eigenvalue weighted by molar-refractivity contribution is -0.143. The Morgan fingerprint density at radius 1 is 1.11 bits per heavy atom. The number of halogens is 2. The van der Waals surface area contributed by atoms with Crippen LogP contribution in [0.1, 0.15) is 15.9 Å². The molecule has 0 aromatic heterocycles. The first-order valence-electron chi connectivity index (χ1n) is 5.18. The molecule has 90 valence electrons. The third kappa shape index (κ3) is 1.40. The van der Waals surface area contributed by atoms with Crippen LogP contribution >= 0.6 is 31.9 Å². The lowest BCUT2D eigenvalue weighted by Crippen LogP contribution is -2.30. The quantitative estimate of drug-likeness (QED) is 0.659. The zero-order valence-electron chi connectivity index (χ0n) is 8.94. The molecule has 0 saturated heterocycles. The van der Waals surface area contributed by atoms with Gasteiger partial charge in [0.25, 0.3) is 0 Å². The van der Waals surface area contributed by atoms with E-state index in [1.807, 2.05) is 6.07 Å². The highest BCUT2D eigenvalue weighted by Gasteiger charge is 2.48. The van der Waals surface area contributed by atoms with E-state index in [4.69, 9.17) is 4.74 Å². The van der Waals surface area contributed by atoms with Crippen LogP contribution < -0.4 is 0 Å². The minimum absolute atomic E-state index is 0.0874. The van der Waals surface area contributed by atoms with Gasteiger partial charge < -0.3 is 4.74 Å². The number of carbonyl (C=O) groups is 2. The van der Waals surface area contributed by atoms with Crippen LogP contribution in [0.2, 0.25) is 0 Å². The molecule has 0 saturated carbocycles. The Hall–Kier alpha value is -1.20. The molecule has 1 unspecified atom stereocenters. The van der Waals surface area contributed by atoms with E-state index in [2.05, 4.69) is 31.9 Å². The maximum atomic E-state index is 11.8. The number of carbonyl (C=O) groups excluding carboxylic acids is 2. The first-order valence-corrected chi connectivity index (χ1v) is 6.77. The summed E-state index contributed by atoms with van der Waals surface area (Å²) in [6.45, 7) is 0. The van der Waals surface area contributed by atoms with E-state index in [0.717, 1.165) is 0 Å². The van der Waals surface area contributed by atoms with Crippen LogP contribution in [0.5, 0.6) is 0 Å². The monoisotopic (exact) mass is 368 g/mol. The van der Waals surface area contributed by atoms with Crippen molar-refractivity contribution < 1.29 is 14.3 Å². The Bertz CT molecular complexity index is 645. The third-order valence-electron chi connectivity index (χ3n) is 3.01. The molecule has 0 amide bonds. The van der Waals surface area contributed by atoms with Crippen LogP contribution in [0.3, 0.4) is 0 Å². The summed E-state index contributed by atoms with van der Waals surface area (Å²) in [4.78, 5) is 23.5. The highest BCUT2D eigenvalue weighted by atomic mass is 79.9. The number of benzene rings is 1. The molecule has 1 aromatic rings. The Morgan fingerprint density at radius 2 is 1.83 bits per heavy atom. The predicted molar refractivity (Wildman–Crippen MR) is 72.6 cm³/mol. The molecule has 1 aliphatic heterocycles. The number of hydrogen-bond donors (Lipinski definition) is 0. The Balaban J connectivity index is 2.31. The number of allylic oxidation sites excluding steroid dienone is 1. The predicted octanol–water partition coefficient (Wildman–Crippen LogP) is 3.19. The highest BCUT2D eigenvalue weighted by Crippen LogP contribution is 2.49. The fourth-order valence-electron chi connectivity index (χ4n) is 2.16. The Kier molecular flexibility index (Phi) is 2.57. The molecule has 0 fully saturated rings. The van der Waals surface area contributed by atoms with Gasteiger partial charge in [0.05, 0.1) is 4.48 Å². The molecule has 1 spiro atoms. The van der Waals surface area contributed by atoms with E-state index in [9.17, 15) is 9.59 Å². The van der Waals surface area contributed by atoms with Crippen molar-refractivity contribution in [3.05, 3.63) is 56.5 Å². The van der Waals surface area contributed by atoms with Gasteiger partial charge in [0.2, 0.25) is 0 Å². The van der Waals surface area contributed by atoms with Crippen LogP contribution in [0, 0.1) is 0 Å². The summed E-state index contributed by atoms with van der Waals surface area (Å²) < 4.78 is 6.37. The van der Waals surface area contributed by atoms with Gasteiger partial charge in [0.1, 0.15) is 4.48 Å². The van der Waals surface area contributed by atoms with Crippen molar-refractivity contribution in [3.63, 3.8) is 0 Å². The van der Waals surface area contributed by atoms with E-state index in [-0.39, 0.29) is 5.78 Å². The molecule has 1 aliphatic carbocycles. The van der Waals surface area contributed by atoms with Crippen LogP contribution in [0.25, 0.3) is 0 Å². The van der Waals surface area contributed by atoms with E-state index in [1.165, 1.54) is 6.08 Å². The maximum absolute atomic E-state index is 11.8. The molecule has 0 radical (unpaired) electrons. The SMILES string of the molecule is O=C1OC2(C=CC(=O)c3ccccc32)C(Br)=C1Br. The van der Waals surface area contributed by atoms with Crippen molar-refractivity contribution in [2.75, 3.05) is 0 Å². The first-order chi connectivity index (χ1) is 8.56. The summed E-state index contributed by atoms with van der Waals surface area (Å²) >= 11 is 6.56. The molecular formula is C13H6Br2O3. The fraction of sp³-hybridized carbons (Fsp3) is 0.0769. The summed E-state index contributed by atoms with van der Waals surface area (Å²) in [5, 5.41) is 0. The summed E-state index contributed by atoms with van der Waals surface area (Å²) in [5.74, 6) is -0.536. The summed E-state index contributed by atoms with van der Waals surface area (Å²) in [6, 6.07) is 7.11. The number of ether oxygens (including phenoxy) is 1. The second-order valence-corrected chi connectivity index (χ2v) is 5.58. The summed E-state index contributed by atoms with van der Waals surface area (Å²) in [7, 11) is 0. The topological polar surface area (TPSA) is 43.4 Å². The molecule has 3 rings (SSSR count). The smallest absolute Gasteiger partial charge is 0.347 e. The Labute approximate surface area is 120 Å². The van der Waals surface area contributed by atoms with E-state index < -0.39 is 11.6 Å². The number of fused-ring (bicyclic) bond motifs is 2. The van der Waals surface area contributed by atoms with Gasteiger partial charge in [-0.1, -0.05) is 24.3 Å². The van der Waals surface area contributed by atoms with Crippen LogP contribution in [-0.4, -0.2) is 11.8 Å². The second-order valence-electron chi connectivity index (χ2n) is 4.00. The number of hydrogen-bond acceptors (Lipinski definition) is 3. The van der Waals surface area contributed by atoms with Crippen molar-refractivity contribution in [1.29, 1.82) is 0 Å². The van der Waals surface area contributed by atoms with E-state index in [0.29, 0.717) is 20.1 Å². The van der Waals surface area contributed by atoms with Gasteiger partial charge >= 0.3 is 5.97 Å². The third-order valence-corrected chi connectivity index (χ3v) is 5.25. The number of esters is 1. The molecule has 1 aromatic carbocycles. The summed E-state index contributed by atoms with van der Waals surface area (Å²) in [5.41, 5.74) is 0.208. The Morgan fingerprint density at radius 3 is 2.50 bits per heavy atom. The lowest BCUT2D eigenvalue weighted by atomic mass is 9.83. The van der Waals surface area contributed by atoms with Gasteiger partial charge in [-0.15, -0.1) is 0 Å². The lowest BCUT2D eigenvalue weighted by Gasteiger charge is -2.30. The van der Waals surface area contributed by atoms with Crippen molar-refractivity contribution in [3.8, 4) is 0 Å². The van der Waals surface area contributed by atoms with Gasteiger partial charge in [-0.2, -0.15) is 0 Å². The minimum atomic E-state index is -1.01. The highest BCUT2D eigenvalue weighted by molar-refractivity contribution is 9.14. The molecule has 5 heteroatoms. The molecule has 1 atom stereocenters. The first kappa shape index (κ1) is 11.9. The zero-order chi connectivity index (χ0) is 12.9. The van der Waals surface area contributed by atoms with Gasteiger partial charge in [-0.3, -0.25) is 4.79 Å². The van der Waals surface area contributed by atoms with E-state index >= 15 is 0 Å². The minimum Gasteiger partial charge on any atom is -0.440 e. The van der Waals surface area contributed by atoms with Crippen molar-refractivity contribution in [2.45, 2.75) is 5.60 Å². The standard InChI is InChI=1S/C13H6Br2O3/c14-10-11(15)13(18-12(10)17)6-5-9(16)7-3-1-2-4-8(7)13/h1-6H. The maximum Gasteiger partial charge on any atom is 0.347 e. The van der Waals surface area contributed by atoms with Gasteiger partial charge in [0, 0.05) is 11.1 Å². The largest absolute Gasteiger partial charge is 0.440 e. The molecule has 2 aliphatic rings. The molecule has 3 nitrogen and oxygen atoms in total. The average molecular weight is 370 g/mol. The number of ketones is 1. The van der Waals surface area contributed by atoms with E-state index in [1.54, 1.807) is 24.3 Å². The van der Waals surface area contributed by atoms with Crippen LogP contribution in [0.4, 0.5) is 0 Å². The molecule has 0 bridgehead atoms. The number of rotatable bonds is 0. The summed E-state index contributed by atoms with van der Waals surface area (Å²) in [6.07, 6.45) is 3.04. The van der Waals surface area contributed by atoms with Gasteiger partial charge in [0.15, 0.2) is 11.4 Å². The van der Waals surface area contributed by atoms with Crippen molar-refractivity contribution in [2.24, 2.45) is 0 Å². The van der Waals surface area contributed by atoms with Crippen LogP contribution in [0.15, 0.2) is 45.4 Å². The molecule has 0 N–H and O–H groups in total. The normalized spacial score (nSPS) is 25.7. The van der Waals surface area contributed by atoms with Crippen molar-refractivity contribution >= 4 is 43.6 Å². The van der Waals surface area contributed by atoms with Gasteiger partial charge in [-0.25, -0.2) is 4.79 Å². The zero-order valence-corrected chi connectivity index (χ0v) is 12.1. The van der Waals surface area contributed by atoms with Crippen molar-refractivity contribution in [1.82, 2.24) is 0 Å². The van der Waals surface area contributed by atoms with Crippen LogP contribution in [-0.2, 0) is 15.1 Å². The van der Waals surface area contributed by atoms with Gasteiger partial charge in [-0.05, 0) is 44.0 Å². The molecule has 1 heterocycles. The average Bonchev–Trinajstić information content (AvgIpc) is 2.60. The molecule has 18 heavy (non-hydrogen) atoms. The molecular weight excluding hydrogens is 364 g/mol. The second kappa shape index (κ2) is 3.90. The fourth-order valence-corrected chi connectivity index (χ4v) is 3.13.